The summed E-state index contributed by atoms with van der Waals surface area (Å²) in [7, 11) is 0. The number of hydrogen-bond acceptors (Lipinski definition) is 4. The summed E-state index contributed by atoms with van der Waals surface area (Å²) >= 11 is 0. The molecule has 5 heteroatoms. The second-order valence-electron chi connectivity index (χ2n) is 8.29. The van der Waals surface area contributed by atoms with Gasteiger partial charge in [-0.1, -0.05) is 11.6 Å². The first-order chi connectivity index (χ1) is 12.0. The fraction of sp³-hybridized carbons (Fsp3) is 0.650. The molecule has 0 atom stereocenters. The molecule has 1 aliphatic carbocycles. The van der Waals surface area contributed by atoms with Gasteiger partial charge in [0.05, 0.1) is 0 Å². The Kier molecular flexibility index (Phi) is 4.26. The molecular weight excluding hydrogens is 312 g/mol. The Bertz CT molecular complexity index is 683. The van der Waals surface area contributed by atoms with Crippen LogP contribution in [0.25, 0.3) is 0 Å². The van der Waals surface area contributed by atoms with Gasteiger partial charge in [0.25, 0.3) is 0 Å². The molecule has 1 spiro atoms. The standard InChI is InChI=1S/C20H28N4O/c1-15(2)5-8-24-13-20(12-19(24)25)6-9-23(10-7-20)18-11-17(16-3-4-16)21-14-22-18/h5,11,14,16H,3-4,6-10,12-13H2,1-2H3. The first kappa shape index (κ1) is 16.6. The van der Waals surface area contributed by atoms with Crippen molar-refractivity contribution in [1.82, 2.24) is 14.9 Å². The lowest BCUT2D eigenvalue weighted by Gasteiger charge is -2.39. The van der Waals surface area contributed by atoms with Crippen LogP contribution < -0.4 is 4.90 Å². The first-order valence-corrected chi connectivity index (χ1v) is 9.53. The zero-order valence-electron chi connectivity index (χ0n) is 15.4. The van der Waals surface area contributed by atoms with Gasteiger partial charge in [0, 0.05) is 55.7 Å². The van der Waals surface area contributed by atoms with E-state index in [1.54, 1.807) is 6.33 Å². The lowest BCUT2D eigenvalue weighted by molar-refractivity contribution is -0.127. The van der Waals surface area contributed by atoms with E-state index in [9.17, 15) is 4.79 Å². The van der Waals surface area contributed by atoms with Crippen molar-refractivity contribution in [2.45, 2.75) is 51.9 Å². The van der Waals surface area contributed by atoms with Gasteiger partial charge in [-0.15, -0.1) is 0 Å². The van der Waals surface area contributed by atoms with Crippen LogP contribution in [0, 0.1) is 5.41 Å². The molecule has 1 saturated carbocycles. The highest BCUT2D eigenvalue weighted by Gasteiger charge is 2.44. The molecule has 4 rings (SSSR count). The van der Waals surface area contributed by atoms with Gasteiger partial charge in [0.15, 0.2) is 0 Å². The van der Waals surface area contributed by atoms with Crippen LogP contribution in [0.3, 0.4) is 0 Å². The van der Waals surface area contributed by atoms with Gasteiger partial charge in [-0.3, -0.25) is 4.79 Å². The van der Waals surface area contributed by atoms with Crippen molar-refractivity contribution >= 4 is 11.7 Å². The average Bonchev–Trinajstić information content (AvgIpc) is 3.40. The molecule has 1 aromatic heterocycles. The third kappa shape index (κ3) is 3.55. The van der Waals surface area contributed by atoms with E-state index in [-0.39, 0.29) is 5.41 Å². The number of rotatable bonds is 4. The Morgan fingerprint density at radius 3 is 2.72 bits per heavy atom. The molecule has 0 radical (unpaired) electrons. The van der Waals surface area contributed by atoms with Crippen LogP contribution in [0.15, 0.2) is 24.0 Å². The van der Waals surface area contributed by atoms with Gasteiger partial charge in [-0.05, 0) is 39.5 Å². The van der Waals surface area contributed by atoms with Crippen molar-refractivity contribution in [3.63, 3.8) is 0 Å². The van der Waals surface area contributed by atoms with Gasteiger partial charge < -0.3 is 9.80 Å². The molecule has 1 aromatic rings. The van der Waals surface area contributed by atoms with Crippen LogP contribution >= 0.6 is 0 Å². The fourth-order valence-corrected chi connectivity index (χ4v) is 4.12. The van der Waals surface area contributed by atoms with E-state index >= 15 is 0 Å². The number of amides is 1. The predicted molar refractivity (Wildman–Crippen MR) is 98.5 cm³/mol. The number of allylic oxidation sites excluding steroid dienone is 1. The lowest BCUT2D eigenvalue weighted by Crippen LogP contribution is -2.42. The summed E-state index contributed by atoms with van der Waals surface area (Å²) in [6.45, 7) is 7.85. The smallest absolute Gasteiger partial charge is 0.223 e. The number of likely N-dealkylation sites (tertiary alicyclic amines) is 1. The highest BCUT2D eigenvalue weighted by Crippen LogP contribution is 2.43. The Labute approximate surface area is 150 Å². The third-order valence-electron chi connectivity index (χ3n) is 5.94. The lowest BCUT2D eigenvalue weighted by atomic mass is 9.77. The van der Waals surface area contributed by atoms with Crippen LogP contribution in [0.2, 0.25) is 0 Å². The molecule has 2 saturated heterocycles. The van der Waals surface area contributed by atoms with E-state index in [0.717, 1.165) is 44.8 Å². The SMILES string of the molecule is CC(C)=CCN1CC2(CCN(c3cc(C4CC4)ncn3)CC2)CC1=O. The van der Waals surface area contributed by atoms with E-state index in [4.69, 9.17) is 0 Å². The van der Waals surface area contributed by atoms with Crippen LogP contribution in [0.1, 0.15) is 57.6 Å². The highest BCUT2D eigenvalue weighted by molar-refractivity contribution is 5.79. The Balaban J connectivity index is 1.39. The zero-order valence-corrected chi connectivity index (χ0v) is 15.4. The van der Waals surface area contributed by atoms with Crippen molar-refractivity contribution < 1.29 is 4.79 Å². The van der Waals surface area contributed by atoms with Crippen LogP contribution in [-0.2, 0) is 4.79 Å². The summed E-state index contributed by atoms with van der Waals surface area (Å²) < 4.78 is 0. The van der Waals surface area contributed by atoms with Crippen LogP contribution in [-0.4, -0.2) is 47.0 Å². The van der Waals surface area contributed by atoms with Crippen molar-refractivity contribution in [3.05, 3.63) is 29.7 Å². The maximum atomic E-state index is 12.4. The van der Waals surface area contributed by atoms with E-state index in [2.05, 4.69) is 40.9 Å². The molecule has 3 heterocycles. The van der Waals surface area contributed by atoms with E-state index in [0.29, 0.717) is 18.2 Å². The second-order valence-corrected chi connectivity index (χ2v) is 8.29. The van der Waals surface area contributed by atoms with Gasteiger partial charge >= 0.3 is 0 Å². The number of carbonyl (C=O) groups excluding carboxylic acids is 1. The maximum Gasteiger partial charge on any atom is 0.223 e. The Morgan fingerprint density at radius 1 is 1.28 bits per heavy atom. The summed E-state index contributed by atoms with van der Waals surface area (Å²) in [6, 6.07) is 2.18. The number of hydrogen-bond donors (Lipinski definition) is 0. The van der Waals surface area contributed by atoms with Crippen molar-refractivity contribution in [2.24, 2.45) is 5.41 Å². The molecule has 25 heavy (non-hydrogen) atoms. The second kappa shape index (κ2) is 6.43. The Hall–Kier alpha value is -1.91. The molecule has 0 unspecified atom stereocenters. The summed E-state index contributed by atoms with van der Waals surface area (Å²) in [4.78, 5) is 25.7. The zero-order chi connectivity index (χ0) is 17.4. The summed E-state index contributed by atoms with van der Waals surface area (Å²) in [6.07, 6.45) is 9.28. The fourth-order valence-electron chi connectivity index (χ4n) is 4.12. The van der Waals surface area contributed by atoms with Crippen molar-refractivity contribution in [1.29, 1.82) is 0 Å². The maximum absolute atomic E-state index is 12.4. The number of carbonyl (C=O) groups is 1. The van der Waals surface area contributed by atoms with Crippen LogP contribution in [0.4, 0.5) is 5.82 Å². The molecular formula is C20H28N4O. The van der Waals surface area contributed by atoms with Crippen molar-refractivity contribution in [2.75, 3.05) is 31.1 Å². The van der Waals surface area contributed by atoms with Crippen LogP contribution in [0.5, 0.6) is 0 Å². The minimum Gasteiger partial charge on any atom is -0.356 e. The monoisotopic (exact) mass is 340 g/mol. The van der Waals surface area contributed by atoms with E-state index in [1.807, 2.05) is 4.90 Å². The highest BCUT2D eigenvalue weighted by atomic mass is 16.2. The predicted octanol–water partition coefficient (Wildman–Crippen LogP) is 3.14. The van der Waals surface area contributed by atoms with Gasteiger partial charge in [-0.25, -0.2) is 9.97 Å². The van der Waals surface area contributed by atoms with E-state index in [1.165, 1.54) is 24.1 Å². The normalized spacial score (nSPS) is 22.6. The minimum absolute atomic E-state index is 0.176. The summed E-state index contributed by atoms with van der Waals surface area (Å²) in [5, 5.41) is 0. The van der Waals surface area contributed by atoms with Gasteiger partial charge in [0.1, 0.15) is 12.1 Å². The molecule has 3 aliphatic rings. The molecule has 0 bridgehead atoms. The number of nitrogens with zero attached hydrogens (tertiary/aromatic N) is 4. The molecule has 5 nitrogen and oxygen atoms in total. The molecule has 2 aliphatic heterocycles. The van der Waals surface area contributed by atoms with Crippen molar-refractivity contribution in [3.8, 4) is 0 Å². The molecule has 0 N–H and O–H groups in total. The topological polar surface area (TPSA) is 49.3 Å². The largest absolute Gasteiger partial charge is 0.356 e. The molecule has 0 aromatic carbocycles. The molecule has 3 fully saturated rings. The summed E-state index contributed by atoms with van der Waals surface area (Å²) in [5.74, 6) is 2.05. The summed E-state index contributed by atoms with van der Waals surface area (Å²) in [5.41, 5.74) is 2.66. The van der Waals surface area contributed by atoms with Gasteiger partial charge in [-0.2, -0.15) is 0 Å². The number of anilines is 1. The number of piperidine rings is 1. The third-order valence-corrected chi connectivity index (χ3v) is 5.94. The van der Waals surface area contributed by atoms with Gasteiger partial charge in [0.2, 0.25) is 5.91 Å². The molecule has 1 amide bonds. The Morgan fingerprint density at radius 2 is 2.04 bits per heavy atom. The average molecular weight is 340 g/mol. The van der Waals surface area contributed by atoms with E-state index < -0.39 is 0 Å². The minimum atomic E-state index is 0.176. The number of aromatic nitrogens is 2. The first-order valence-electron chi connectivity index (χ1n) is 9.53. The quantitative estimate of drug-likeness (QED) is 0.790. The molecule has 134 valence electrons.